The van der Waals surface area contributed by atoms with E-state index < -0.39 is 0 Å². The average molecular weight is 546 g/mol. The second-order valence-electron chi connectivity index (χ2n) is 7.53. The second-order valence-corrected chi connectivity index (χ2v) is 7.53. The van der Waals surface area contributed by atoms with Crippen LogP contribution in [0.15, 0.2) is 15.6 Å². The van der Waals surface area contributed by atoms with Crippen molar-refractivity contribution in [1.29, 1.82) is 0 Å². The molecule has 1 saturated heterocycles. The molecule has 0 spiro atoms. The van der Waals surface area contributed by atoms with Crippen molar-refractivity contribution in [2.75, 3.05) is 45.9 Å². The van der Waals surface area contributed by atoms with Gasteiger partial charge in [0.2, 0.25) is 0 Å². The third-order valence-electron chi connectivity index (χ3n) is 5.24. The molecule has 1 N–H and O–H groups in total. The van der Waals surface area contributed by atoms with Crippen molar-refractivity contribution in [1.82, 2.24) is 35.0 Å². The fraction of sp³-hybridized carbons (Fsp3) is 0.700. The standard InChI is InChI=1S/C20H34N8O2.HI/c1-5-29-12-6-7-21-20(22-14-19-24-23-17(3)26(19)4)28-10-8-27(9-11-28)15-18-13-16(2)30-25-18;/h13H,5-12,14-15H2,1-4H3,(H,21,22);1H. The van der Waals surface area contributed by atoms with E-state index >= 15 is 0 Å². The van der Waals surface area contributed by atoms with Crippen LogP contribution in [-0.2, 0) is 24.9 Å². The summed E-state index contributed by atoms with van der Waals surface area (Å²) in [5, 5.41) is 16.0. The molecule has 0 unspecified atom stereocenters. The third kappa shape index (κ3) is 7.72. The number of halogens is 1. The second kappa shape index (κ2) is 13.0. The Morgan fingerprint density at radius 3 is 2.61 bits per heavy atom. The van der Waals surface area contributed by atoms with Crippen molar-refractivity contribution >= 4 is 29.9 Å². The minimum Gasteiger partial charge on any atom is -0.382 e. The van der Waals surface area contributed by atoms with E-state index in [1.165, 1.54) is 0 Å². The summed E-state index contributed by atoms with van der Waals surface area (Å²) in [6, 6.07) is 2.00. The lowest BCUT2D eigenvalue weighted by Crippen LogP contribution is -2.52. The summed E-state index contributed by atoms with van der Waals surface area (Å²) in [7, 11) is 1.97. The highest BCUT2D eigenvalue weighted by Crippen LogP contribution is 2.10. The Kier molecular flexibility index (Phi) is 10.7. The predicted molar refractivity (Wildman–Crippen MR) is 129 cm³/mol. The average Bonchev–Trinajstić information content (AvgIpc) is 3.30. The van der Waals surface area contributed by atoms with Gasteiger partial charge in [-0.2, -0.15) is 0 Å². The minimum atomic E-state index is 0. The first-order valence-electron chi connectivity index (χ1n) is 10.7. The number of piperazine rings is 1. The first kappa shape index (κ1) is 25.5. The van der Waals surface area contributed by atoms with Gasteiger partial charge in [-0.3, -0.25) is 4.90 Å². The van der Waals surface area contributed by atoms with Crippen molar-refractivity contribution in [3.8, 4) is 0 Å². The summed E-state index contributed by atoms with van der Waals surface area (Å²) in [6.07, 6.45) is 0.946. The number of hydrogen-bond donors (Lipinski definition) is 1. The first-order valence-corrected chi connectivity index (χ1v) is 10.7. The van der Waals surface area contributed by atoms with Crippen molar-refractivity contribution < 1.29 is 9.26 Å². The molecule has 3 rings (SSSR count). The molecule has 174 valence electrons. The highest BCUT2D eigenvalue weighted by Gasteiger charge is 2.21. The molecule has 0 saturated carbocycles. The van der Waals surface area contributed by atoms with Crippen molar-refractivity contribution in [2.24, 2.45) is 12.0 Å². The van der Waals surface area contributed by atoms with Crippen LogP contribution in [0.25, 0.3) is 0 Å². The fourth-order valence-electron chi connectivity index (χ4n) is 3.36. The predicted octanol–water partition coefficient (Wildman–Crippen LogP) is 1.73. The molecule has 0 amide bonds. The first-order chi connectivity index (χ1) is 14.6. The Hall–Kier alpha value is -1.73. The molecule has 1 fully saturated rings. The van der Waals surface area contributed by atoms with Crippen LogP contribution in [0, 0.1) is 13.8 Å². The summed E-state index contributed by atoms with van der Waals surface area (Å²) in [4.78, 5) is 9.55. The molecule has 10 nitrogen and oxygen atoms in total. The Morgan fingerprint density at radius 1 is 1.23 bits per heavy atom. The molecule has 1 aliphatic rings. The van der Waals surface area contributed by atoms with E-state index in [2.05, 4.69) is 30.5 Å². The molecule has 0 aromatic carbocycles. The number of aryl methyl sites for hydroxylation is 2. The van der Waals surface area contributed by atoms with E-state index in [0.29, 0.717) is 6.54 Å². The Balaban J connectivity index is 0.00000341. The Morgan fingerprint density at radius 2 is 2.00 bits per heavy atom. The lowest BCUT2D eigenvalue weighted by atomic mass is 10.3. The van der Waals surface area contributed by atoms with Crippen molar-refractivity contribution in [3.05, 3.63) is 29.2 Å². The number of guanidine groups is 1. The van der Waals surface area contributed by atoms with E-state index in [4.69, 9.17) is 14.3 Å². The van der Waals surface area contributed by atoms with Gasteiger partial charge < -0.3 is 24.0 Å². The molecule has 0 aliphatic carbocycles. The summed E-state index contributed by atoms with van der Waals surface area (Å²) in [5.41, 5.74) is 0.988. The van der Waals surface area contributed by atoms with Gasteiger partial charge >= 0.3 is 0 Å². The van der Waals surface area contributed by atoms with Gasteiger partial charge in [-0.15, -0.1) is 34.2 Å². The molecular formula is C20H35IN8O2. The van der Waals surface area contributed by atoms with E-state index in [-0.39, 0.29) is 24.0 Å². The van der Waals surface area contributed by atoms with Crippen LogP contribution < -0.4 is 5.32 Å². The Bertz CT molecular complexity index is 814. The van der Waals surface area contributed by atoms with Gasteiger partial charge in [0.1, 0.15) is 18.1 Å². The number of ether oxygens (including phenoxy) is 1. The lowest BCUT2D eigenvalue weighted by molar-refractivity contribution is 0.144. The van der Waals surface area contributed by atoms with E-state index in [9.17, 15) is 0 Å². The summed E-state index contributed by atoms with van der Waals surface area (Å²) >= 11 is 0. The smallest absolute Gasteiger partial charge is 0.194 e. The maximum atomic E-state index is 5.45. The van der Waals surface area contributed by atoms with Crippen molar-refractivity contribution in [3.63, 3.8) is 0 Å². The van der Waals surface area contributed by atoms with Gasteiger partial charge in [0.25, 0.3) is 0 Å². The molecule has 1 aliphatic heterocycles. The third-order valence-corrected chi connectivity index (χ3v) is 5.24. The van der Waals surface area contributed by atoms with Crippen LogP contribution in [0.3, 0.4) is 0 Å². The molecule has 0 bridgehead atoms. The number of aliphatic imine (C=N–C) groups is 1. The summed E-state index contributed by atoms with van der Waals surface area (Å²) in [6.45, 7) is 13.3. The van der Waals surface area contributed by atoms with Gasteiger partial charge in [0.05, 0.1) is 5.69 Å². The molecule has 2 aromatic heterocycles. The summed E-state index contributed by atoms with van der Waals surface area (Å²) in [5.74, 6) is 3.53. The van der Waals surface area contributed by atoms with Gasteiger partial charge in [0.15, 0.2) is 11.8 Å². The molecule has 0 radical (unpaired) electrons. The minimum absolute atomic E-state index is 0. The van der Waals surface area contributed by atoms with Gasteiger partial charge in [-0.1, -0.05) is 5.16 Å². The number of rotatable bonds is 9. The van der Waals surface area contributed by atoms with E-state index in [1.54, 1.807) is 0 Å². The van der Waals surface area contributed by atoms with Crippen LogP contribution in [0.4, 0.5) is 0 Å². The lowest BCUT2D eigenvalue weighted by Gasteiger charge is -2.36. The topological polar surface area (TPSA) is 96.8 Å². The summed E-state index contributed by atoms with van der Waals surface area (Å²) < 4.78 is 12.6. The Labute approximate surface area is 201 Å². The zero-order valence-electron chi connectivity index (χ0n) is 19.0. The van der Waals surface area contributed by atoms with Gasteiger partial charge in [-0.25, -0.2) is 4.99 Å². The monoisotopic (exact) mass is 546 g/mol. The maximum absolute atomic E-state index is 5.45. The van der Waals surface area contributed by atoms with Gasteiger partial charge in [0, 0.05) is 65.6 Å². The van der Waals surface area contributed by atoms with Crippen LogP contribution in [0.2, 0.25) is 0 Å². The molecule has 11 heteroatoms. The van der Waals surface area contributed by atoms with E-state index in [1.807, 2.05) is 38.5 Å². The number of hydrogen-bond acceptors (Lipinski definition) is 7. The van der Waals surface area contributed by atoms with Crippen LogP contribution in [0.5, 0.6) is 0 Å². The van der Waals surface area contributed by atoms with Crippen LogP contribution in [0.1, 0.15) is 36.4 Å². The quantitative estimate of drug-likeness (QED) is 0.220. The van der Waals surface area contributed by atoms with Crippen LogP contribution in [-0.4, -0.2) is 81.6 Å². The van der Waals surface area contributed by atoms with Gasteiger partial charge in [-0.05, 0) is 27.2 Å². The molecule has 2 aromatic rings. The number of nitrogens with one attached hydrogen (secondary N) is 1. The highest BCUT2D eigenvalue weighted by atomic mass is 127. The molecule has 31 heavy (non-hydrogen) atoms. The number of aromatic nitrogens is 4. The SMILES string of the molecule is CCOCCCNC(=NCc1nnc(C)n1C)N1CCN(Cc2cc(C)on2)CC1.I. The largest absolute Gasteiger partial charge is 0.382 e. The normalized spacial score (nSPS) is 15.2. The van der Waals surface area contributed by atoms with E-state index in [0.717, 1.165) is 88.0 Å². The highest BCUT2D eigenvalue weighted by molar-refractivity contribution is 14.0. The zero-order chi connectivity index (χ0) is 21.3. The molecule has 3 heterocycles. The number of nitrogens with zero attached hydrogens (tertiary/aromatic N) is 7. The zero-order valence-corrected chi connectivity index (χ0v) is 21.3. The molecular weight excluding hydrogens is 511 g/mol. The fourth-order valence-corrected chi connectivity index (χ4v) is 3.36. The van der Waals surface area contributed by atoms with Crippen molar-refractivity contribution in [2.45, 2.75) is 40.3 Å². The molecule has 0 atom stereocenters. The maximum Gasteiger partial charge on any atom is 0.194 e. The van der Waals surface area contributed by atoms with Crippen LogP contribution >= 0.6 is 24.0 Å².